The van der Waals surface area contributed by atoms with Gasteiger partial charge in [0.05, 0.1) is 26.4 Å². The molecule has 1 aromatic carbocycles. The van der Waals surface area contributed by atoms with Crippen molar-refractivity contribution < 1.29 is 9.47 Å². The van der Waals surface area contributed by atoms with Crippen molar-refractivity contribution in [1.82, 2.24) is 20.4 Å². The van der Waals surface area contributed by atoms with Gasteiger partial charge in [-0.3, -0.25) is 14.8 Å². The van der Waals surface area contributed by atoms with Crippen LogP contribution in [0, 0.1) is 5.92 Å². The van der Waals surface area contributed by atoms with E-state index < -0.39 is 0 Å². The second-order valence-electron chi connectivity index (χ2n) is 9.02. The summed E-state index contributed by atoms with van der Waals surface area (Å²) in [4.78, 5) is 9.95. The lowest BCUT2D eigenvalue weighted by Gasteiger charge is -2.36. The number of ether oxygens (including phenoxy) is 2. The molecule has 1 aromatic rings. The van der Waals surface area contributed by atoms with Crippen LogP contribution in [0.15, 0.2) is 35.3 Å². The number of aliphatic imine (C=N–C) groups is 1. The smallest absolute Gasteiger partial charge is 0.191 e. The Kier molecular flexibility index (Phi) is 13.6. The molecular formula is C25H44IN5O2. The fourth-order valence-electron chi connectivity index (χ4n) is 4.50. The molecule has 3 atom stereocenters. The Morgan fingerprint density at radius 3 is 2.58 bits per heavy atom. The Morgan fingerprint density at radius 2 is 1.91 bits per heavy atom. The Hall–Kier alpha value is -0.940. The number of halogens is 1. The minimum atomic E-state index is 0. The molecule has 2 saturated heterocycles. The molecule has 7 nitrogen and oxygen atoms in total. The zero-order valence-electron chi connectivity index (χ0n) is 20.7. The van der Waals surface area contributed by atoms with E-state index >= 15 is 0 Å². The second-order valence-corrected chi connectivity index (χ2v) is 9.02. The van der Waals surface area contributed by atoms with Crippen LogP contribution in [0.3, 0.4) is 0 Å². The lowest BCUT2D eigenvalue weighted by Crippen LogP contribution is -2.49. The molecule has 188 valence electrons. The number of rotatable bonds is 11. The monoisotopic (exact) mass is 573 g/mol. The molecule has 0 bridgehead atoms. The van der Waals surface area contributed by atoms with Crippen LogP contribution in [-0.2, 0) is 16.0 Å². The molecule has 3 rings (SSSR count). The quantitative estimate of drug-likeness (QED) is 0.241. The summed E-state index contributed by atoms with van der Waals surface area (Å²) >= 11 is 0. The van der Waals surface area contributed by atoms with E-state index in [4.69, 9.17) is 14.5 Å². The summed E-state index contributed by atoms with van der Waals surface area (Å²) in [5.74, 6) is 1.48. The molecule has 2 N–H and O–H groups in total. The van der Waals surface area contributed by atoms with Gasteiger partial charge >= 0.3 is 0 Å². The lowest BCUT2D eigenvalue weighted by molar-refractivity contribution is 0.00368. The first kappa shape index (κ1) is 28.3. The average molecular weight is 574 g/mol. The van der Waals surface area contributed by atoms with Crippen molar-refractivity contribution in [3.8, 4) is 0 Å². The SMILES string of the molecule is CCNC(=NCC(C1CCOC1)N1CCOCC1)NCCC(C)N(C)Cc1ccccc1.I. The molecule has 0 spiro atoms. The van der Waals surface area contributed by atoms with Gasteiger partial charge in [0, 0.05) is 57.3 Å². The minimum absolute atomic E-state index is 0. The van der Waals surface area contributed by atoms with Crippen molar-refractivity contribution in [2.45, 2.75) is 45.3 Å². The molecule has 0 aromatic heterocycles. The summed E-state index contributed by atoms with van der Waals surface area (Å²) in [6.07, 6.45) is 2.20. The molecule has 2 aliphatic rings. The van der Waals surface area contributed by atoms with Crippen molar-refractivity contribution in [2.24, 2.45) is 10.9 Å². The Morgan fingerprint density at radius 1 is 1.15 bits per heavy atom. The van der Waals surface area contributed by atoms with E-state index in [1.165, 1.54) is 5.56 Å². The molecule has 0 radical (unpaired) electrons. The third-order valence-electron chi connectivity index (χ3n) is 6.69. The van der Waals surface area contributed by atoms with Crippen LogP contribution in [-0.4, -0.2) is 94.0 Å². The molecular weight excluding hydrogens is 529 g/mol. The summed E-state index contributed by atoms with van der Waals surface area (Å²) in [7, 11) is 2.20. The van der Waals surface area contributed by atoms with E-state index in [1.54, 1.807) is 0 Å². The van der Waals surface area contributed by atoms with Crippen LogP contribution in [0.4, 0.5) is 0 Å². The highest BCUT2D eigenvalue weighted by Crippen LogP contribution is 2.22. The van der Waals surface area contributed by atoms with Crippen molar-refractivity contribution in [2.75, 3.05) is 66.2 Å². The van der Waals surface area contributed by atoms with Crippen molar-refractivity contribution in [1.29, 1.82) is 0 Å². The first-order valence-electron chi connectivity index (χ1n) is 12.3. The van der Waals surface area contributed by atoms with E-state index in [2.05, 4.69) is 71.7 Å². The number of hydrogen-bond donors (Lipinski definition) is 2. The van der Waals surface area contributed by atoms with E-state index in [0.29, 0.717) is 18.0 Å². The van der Waals surface area contributed by atoms with Gasteiger partial charge in [-0.05, 0) is 39.3 Å². The average Bonchev–Trinajstić information content (AvgIpc) is 3.35. The maximum atomic E-state index is 5.70. The number of morpholine rings is 1. The highest BCUT2D eigenvalue weighted by Gasteiger charge is 2.31. The number of guanidine groups is 1. The van der Waals surface area contributed by atoms with Crippen molar-refractivity contribution in [3.63, 3.8) is 0 Å². The molecule has 33 heavy (non-hydrogen) atoms. The van der Waals surface area contributed by atoms with Crippen LogP contribution in [0.25, 0.3) is 0 Å². The number of nitrogens with zero attached hydrogens (tertiary/aromatic N) is 3. The Bertz CT molecular complexity index is 666. The van der Waals surface area contributed by atoms with E-state index in [-0.39, 0.29) is 24.0 Å². The maximum Gasteiger partial charge on any atom is 0.191 e. The third-order valence-corrected chi connectivity index (χ3v) is 6.69. The Balaban J connectivity index is 0.00000385. The molecule has 0 saturated carbocycles. The topological polar surface area (TPSA) is 61.4 Å². The lowest BCUT2D eigenvalue weighted by atomic mass is 9.97. The van der Waals surface area contributed by atoms with Gasteiger partial charge in [-0.2, -0.15) is 0 Å². The Labute approximate surface area is 217 Å². The van der Waals surface area contributed by atoms with E-state index in [1.807, 2.05) is 0 Å². The largest absolute Gasteiger partial charge is 0.381 e. The second kappa shape index (κ2) is 15.9. The van der Waals surface area contributed by atoms with Gasteiger partial charge in [-0.25, -0.2) is 0 Å². The standard InChI is InChI=1S/C25H43N5O2.HI/c1-4-26-25(27-12-10-21(2)29(3)19-22-8-6-5-7-9-22)28-18-24(23-11-15-32-20-23)30-13-16-31-17-14-30;/h5-9,21,23-24H,4,10-20H2,1-3H3,(H2,26,27,28);1H. The highest BCUT2D eigenvalue weighted by molar-refractivity contribution is 14.0. The van der Waals surface area contributed by atoms with E-state index in [9.17, 15) is 0 Å². The third kappa shape index (κ3) is 9.68. The number of hydrogen-bond acceptors (Lipinski definition) is 5. The van der Waals surface area contributed by atoms with Gasteiger partial charge in [0.2, 0.25) is 0 Å². The number of nitrogens with one attached hydrogen (secondary N) is 2. The number of benzene rings is 1. The molecule has 0 aliphatic carbocycles. The molecule has 2 fully saturated rings. The summed E-state index contributed by atoms with van der Waals surface area (Å²) in [5, 5.41) is 6.98. The van der Waals surface area contributed by atoms with Gasteiger partial charge in [0.25, 0.3) is 0 Å². The van der Waals surface area contributed by atoms with Crippen LogP contribution in [0.2, 0.25) is 0 Å². The molecule has 8 heteroatoms. The molecule has 2 aliphatic heterocycles. The zero-order valence-corrected chi connectivity index (χ0v) is 23.0. The van der Waals surface area contributed by atoms with Gasteiger partial charge in [-0.15, -0.1) is 24.0 Å². The van der Waals surface area contributed by atoms with Crippen molar-refractivity contribution >= 4 is 29.9 Å². The van der Waals surface area contributed by atoms with Gasteiger partial charge in [0.15, 0.2) is 5.96 Å². The fraction of sp³-hybridized carbons (Fsp3) is 0.720. The zero-order chi connectivity index (χ0) is 22.6. The van der Waals surface area contributed by atoms with Crippen molar-refractivity contribution in [3.05, 3.63) is 35.9 Å². The summed E-state index contributed by atoms with van der Waals surface area (Å²) in [6, 6.07) is 11.6. The molecule has 2 heterocycles. The first-order valence-corrected chi connectivity index (χ1v) is 12.3. The molecule has 3 unspecified atom stereocenters. The highest BCUT2D eigenvalue weighted by atomic mass is 127. The van der Waals surface area contributed by atoms with E-state index in [0.717, 1.165) is 84.5 Å². The van der Waals surface area contributed by atoms with Crippen LogP contribution < -0.4 is 10.6 Å². The maximum absolute atomic E-state index is 5.70. The normalized spacial score (nSPS) is 21.5. The van der Waals surface area contributed by atoms with Gasteiger partial charge in [0.1, 0.15) is 0 Å². The fourth-order valence-corrected chi connectivity index (χ4v) is 4.50. The summed E-state index contributed by atoms with van der Waals surface area (Å²) < 4.78 is 11.3. The van der Waals surface area contributed by atoms with Crippen LogP contribution >= 0.6 is 24.0 Å². The van der Waals surface area contributed by atoms with Crippen LogP contribution in [0.1, 0.15) is 32.3 Å². The first-order chi connectivity index (χ1) is 15.7. The predicted octanol–water partition coefficient (Wildman–Crippen LogP) is 2.81. The summed E-state index contributed by atoms with van der Waals surface area (Å²) in [5.41, 5.74) is 1.36. The van der Waals surface area contributed by atoms with Gasteiger partial charge in [-0.1, -0.05) is 30.3 Å². The predicted molar refractivity (Wildman–Crippen MR) is 146 cm³/mol. The summed E-state index contributed by atoms with van der Waals surface area (Å²) in [6.45, 7) is 13.3. The minimum Gasteiger partial charge on any atom is -0.381 e. The van der Waals surface area contributed by atoms with Crippen LogP contribution in [0.5, 0.6) is 0 Å². The van der Waals surface area contributed by atoms with Gasteiger partial charge < -0.3 is 20.1 Å². The molecule has 0 amide bonds.